The van der Waals surface area contributed by atoms with Crippen LogP contribution in [0.15, 0.2) is 17.4 Å². The summed E-state index contributed by atoms with van der Waals surface area (Å²) in [5.74, 6) is 2.46. The standard InChI is InChI=1S/C16H31N5O.HI/c1-5-22-11-7-6-8-19-16(17-4)20-12-15-18-9-10-21(15)13-14(2)3;/h9-10,14H,5-8,11-13H2,1-4H3,(H2,17,19,20);1H. The second-order valence-corrected chi connectivity index (χ2v) is 5.65. The molecular weight excluding hydrogens is 405 g/mol. The van der Waals surface area contributed by atoms with E-state index in [2.05, 4.69) is 39.0 Å². The molecule has 0 aliphatic carbocycles. The number of aliphatic imine (C=N–C) groups is 1. The van der Waals surface area contributed by atoms with Gasteiger partial charge in [0.05, 0.1) is 6.54 Å². The van der Waals surface area contributed by atoms with E-state index in [4.69, 9.17) is 4.74 Å². The van der Waals surface area contributed by atoms with Crippen molar-refractivity contribution in [2.24, 2.45) is 10.9 Å². The molecule has 134 valence electrons. The number of aromatic nitrogens is 2. The molecule has 23 heavy (non-hydrogen) atoms. The molecule has 1 aromatic rings. The van der Waals surface area contributed by atoms with Crippen LogP contribution in [0.25, 0.3) is 0 Å². The van der Waals surface area contributed by atoms with E-state index in [-0.39, 0.29) is 24.0 Å². The molecule has 1 rings (SSSR count). The Hall–Kier alpha value is -0.830. The Labute approximate surface area is 157 Å². The summed E-state index contributed by atoms with van der Waals surface area (Å²) in [4.78, 5) is 8.65. The lowest BCUT2D eigenvalue weighted by Crippen LogP contribution is -2.38. The van der Waals surface area contributed by atoms with E-state index in [9.17, 15) is 0 Å². The lowest BCUT2D eigenvalue weighted by molar-refractivity contribution is 0.143. The van der Waals surface area contributed by atoms with Crippen molar-refractivity contribution in [3.63, 3.8) is 0 Å². The van der Waals surface area contributed by atoms with Gasteiger partial charge in [0.1, 0.15) is 5.82 Å². The summed E-state index contributed by atoms with van der Waals surface area (Å²) >= 11 is 0. The summed E-state index contributed by atoms with van der Waals surface area (Å²) in [7, 11) is 1.79. The van der Waals surface area contributed by atoms with E-state index in [0.717, 1.165) is 50.9 Å². The lowest BCUT2D eigenvalue weighted by atomic mass is 10.2. The molecule has 1 heterocycles. The first-order valence-corrected chi connectivity index (χ1v) is 8.19. The zero-order chi connectivity index (χ0) is 16.2. The molecule has 0 bridgehead atoms. The number of hydrogen-bond donors (Lipinski definition) is 2. The Bertz CT molecular complexity index is 434. The smallest absolute Gasteiger partial charge is 0.191 e. The third-order valence-electron chi connectivity index (χ3n) is 3.21. The summed E-state index contributed by atoms with van der Waals surface area (Å²) in [6.45, 7) is 10.6. The molecule has 0 radical (unpaired) electrons. The first kappa shape index (κ1) is 22.2. The molecule has 0 saturated carbocycles. The van der Waals surface area contributed by atoms with Crippen molar-refractivity contribution in [3.05, 3.63) is 18.2 Å². The van der Waals surface area contributed by atoms with Gasteiger partial charge in [0.2, 0.25) is 0 Å². The second-order valence-electron chi connectivity index (χ2n) is 5.65. The average molecular weight is 437 g/mol. The number of guanidine groups is 1. The van der Waals surface area contributed by atoms with Gasteiger partial charge >= 0.3 is 0 Å². The number of nitrogens with zero attached hydrogens (tertiary/aromatic N) is 3. The van der Waals surface area contributed by atoms with Crippen molar-refractivity contribution in [2.45, 2.75) is 46.7 Å². The van der Waals surface area contributed by atoms with Gasteiger partial charge in [-0.15, -0.1) is 24.0 Å². The molecule has 0 amide bonds. The van der Waals surface area contributed by atoms with Crippen LogP contribution in [0.5, 0.6) is 0 Å². The molecule has 0 fully saturated rings. The SMILES string of the molecule is CCOCCCCNC(=NC)NCc1nccn1CC(C)C.I. The van der Waals surface area contributed by atoms with Gasteiger partial charge in [0.25, 0.3) is 0 Å². The fourth-order valence-corrected chi connectivity index (χ4v) is 2.13. The maximum atomic E-state index is 5.32. The van der Waals surface area contributed by atoms with E-state index < -0.39 is 0 Å². The molecule has 0 aliphatic rings. The summed E-state index contributed by atoms with van der Waals surface area (Å²) < 4.78 is 7.51. The Morgan fingerprint density at radius 3 is 2.78 bits per heavy atom. The van der Waals surface area contributed by atoms with Gasteiger partial charge in [-0.1, -0.05) is 13.8 Å². The van der Waals surface area contributed by atoms with Crippen molar-refractivity contribution in [3.8, 4) is 0 Å². The number of ether oxygens (including phenoxy) is 1. The minimum absolute atomic E-state index is 0. The number of unbranched alkanes of at least 4 members (excludes halogenated alkanes) is 1. The van der Waals surface area contributed by atoms with Crippen molar-refractivity contribution in [1.82, 2.24) is 20.2 Å². The molecule has 0 aliphatic heterocycles. The molecule has 6 nitrogen and oxygen atoms in total. The zero-order valence-corrected chi connectivity index (χ0v) is 17.2. The van der Waals surface area contributed by atoms with E-state index in [1.807, 2.05) is 19.3 Å². The van der Waals surface area contributed by atoms with Gasteiger partial charge in [0, 0.05) is 45.7 Å². The number of nitrogens with one attached hydrogen (secondary N) is 2. The first-order valence-electron chi connectivity index (χ1n) is 8.19. The third-order valence-corrected chi connectivity index (χ3v) is 3.21. The molecule has 2 N–H and O–H groups in total. The highest BCUT2D eigenvalue weighted by Crippen LogP contribution is 2.03. The fraction of sp³-hybridized carbons (Fsp3) is 0.750. The predicted octanol–water partition coefficient (Wildman–Crippen LogP) is 2.64. The van der Waals surface area contributed by atoms with Gasteiger partial charge < -0.3 is 19.9 Å². The number of hydrogen-bond acceptors (Lipinski definition) is 3. The van der Waals surface area contributed by atoms with Crippen LogP contribution in [0.2, 0.25) is 0 Å². The van der Waals surface area contributed by atoms with Gasteiger partial charge in [-0.25, -0.2) is 4.98 Å². The van der Waals surface area contributed by atoms with Crippen molar-refractivity contribution < 1.29 is 4.74 Å². The number of halogens is 1. The summed E-state index contributed by atoms with van der Waals surface area (Å²) in [6.07, 6.45) is 6.02. The van der Waals surface area contributed by atoms with Gasteiger partial charge in [-0.3, -0.25) is 4.99 Å². The molecule has 0 saturated heterocycles. The van der Waals surface area contributed by atoms with E-state index >= 15 is 0 Å². The topological polar surface area (TPSA) is 63.5 Å². The normalized spacial score (nSPS) is 11.4. The van der Waals surface area contributed by atoms with Gasteiger partial charge in [-0.2, -0.15) is 0 Å². The molecular formula is C16H32IN5O. The summed E-state index contributed by atoms with van der Waals surface area (Å²) in [5, 5.41) is 6.63. The van der Waals surface area contributed by atoms with Crippen LogP contribution in [-0.4, -0.2) is 42.3 Å². The van der Waals surface area contributed by atoms with Crippen molar-refractivity contribution >= 4 is 29.9 Å². The lowest BCUT2D eigenvalue weighted by Gasteiger charge is -2.14. The molecule has 0 aromatic carbocycles. The van der Waals surface area contributed by atoms with Crippen LogP contribution >= 0.6 is 24.0 Å². The van der Waals surface area contributed by atoms with Gasteiger partial charge in [0.15, 0.2) is 5.96 Å². The Morgan fingerprint density at radius 2 is 2.13 bits per heavy atom. The summed E-state index contributed by atoms with van der Waals surface area (Å²) in [5.41, 5.74) is 0. The monoisotopic (exact) mass is 437 g/mol. The third kappa shape index (κ3) is 9.80. The van der Waals surface area contributed by atoms with Crippen LogP contribution in [-0.2, 0) is 17.8 Å². The molecule has 0 atom stereocenters. The molecule has 0 unspecified atom stereocenters. The predicted molar refractivity (Wildman–Crippen MR) is 106 cm³/mol. The van der Waals surface area contributed by atoms with E-state index in [0.29, 0.717) is 12.5 Å². The van der Waals surface area contributed by atoms with Crippen LogP contribution in [0.1, 0.15) is 39.4 Å². The Morgan fingerprint density at radius 1 is 1.35 bits per heavy atom. The molecule has 1 aromatic heterocycles. The second kappa shape index (κ2) is 13.6. The zero-order valence-electron chi connectivity index (χ0n) is 14.8. The largest absolute Gasteiger partial charge is 0.382 e. The highest BCUT2D eigenvalue weighted by molar-refractivity contribution is 14.0. The highest BCUT2D eigenvalue weighted by atomic mass is 127. The van der Waals surface area contributed by atoms with Crippen LogP contribution in [0.4, 0.5) is 0 Å². The molecule has 0 spiro atoms. The van der Waals surface area contributed by atoms with Crippen LogP contribution in [0.3, 0.4) is 0 Å². The van der Waals surface area contributed by atoms with E-state index in [1.165, 1.54) is 0 Å². The minimum Gasteiger partial charge on any atom is -0.382 e. The van der Waals surface area contributed by atoms with Crippen molar-refractivity contribution in [2.75, 3.05) is 26.8 Å². The van der Waals surface area contributed by atoms with Gasteiger partial charge in [-0.05, 0) is 25.7 Å². The van der Waals surface area contributed by atoms with Crippen molar-refractivity contribution in [1.29, 1.82) is 0 Å². The van der Waals surface area contributed by atoms with Crippen LogP contribution < -0.4 is 10.6 Å². The fourth-order valence-electron chi connectivity index (χ4n) is 2.13. The first-order chi connectivity index (χ1) is 10.7. The average Bonchev–Trinajstić information content (AvgIpc) is 2.92. The number of imidazole rings is 1. The highest BCUT2D eigenvalue weighted by Gasteiger charge is 2.05. The maximum absolute atomic E-state index is 5.32. The minimum atomic E-state index is 0. The quantitative estimate of drug-likeness (QED) is 0.256. The maximum Gasteiger partial charge on any atom is 0.191 e. The molecule has 7 heteroatoms. The Balaban J connectivity index is 0.00000484. The number of rotatable bonds is 10. The Kier molecular flexibility index (Phi) is 13.1. The van der Waals surface area contributed by atoms with E-state index in [1.54, 1.807) is 7.05 Å². The summed E-state index contributed by atoms with van der Waals surface area (Å²) in [6, 6.07) is 0. The van der Waals surface area contributed by atoms with Crippen LogP contribution in [0, 0.1) is 5.92 Å².